The number of halogens is 2. The van der Waals surface area contributed by atoms with Crippen LogP contribution in [-0.4, -0.2) is 30.0 Å². The monoisotopic (exact) mass is 521 g/mol. The molecule has 8 heteroatoms. The molecule has 1 N–H and O–H groups in total. The van der Waals surface area contributed by atoms with Crippen molar-refractivity contribution in [1.29, 1.82) is 0 Å². The van der Waals surface area contributed by atoms with E-state index in [0.717, 1.165) is 11.6 Å². The minimum Gasteiger partial charge on any atom is -0.507 e. The third-order valence-electron chi connectivity index (χ3n) is 6.53. The predicted octanol–water partition coefficient (Wildman–Crippen LogP) is 6.17. The Balaban J connectivity index is 1.69. The first kappa shape index (κ1) is 24.8. The van der Waals surface area contributed by atoms with Crippen molar-refractivity contribution in [3.05, 3.63) is 93.8 Å². The summed E-state index contributed by atoms with van der Waals surface area (Å²) >= 11 is 6.02. The number of ketones is 1. The largest absolute Gasteiger partial charge is 0.507 e. The lowest BCUT2D eigenvalue weighted by Crippen LogP contribution is -2.29. The SMILES string of the molecule is CC(C)(C)c1ccc(C2/C(=C(/O)c3ccc4c(c3)OCCO4)C(=O)C(=O)N2c2ccc(F)c(Cl)c2)cc1. The van der Waals surface area contributed by atoms with Crippen LogP contribution < -0.4 is 14.4 Å². The van der Waals surface area contributed by atoms with E-state index in [9.17, 15) is 19.1 Å². The van der Waals surface area contributed by atoms with E-state index in [2.05, 4.69) is 20.8 Å². The summed E-state index contributed by atoms with van der Waals surface area (Å²) in [5.74, 6) is -1.76. The molecule has 1 amide bonds. The van der Waals surface area contributed by atoms with Crippen LogP contribution in [0.2, 0.25) is 5.02 Å². The summed E-state index contributed by atoms with van der Waals surface area (Å²) in [6, 6.07) is 15.2. The van der Waals surface area contributed by atoms with Crippen LogP contribution in [-0.2, 0) is 15.0 Å². The number of carbonyl (C=O) groups excluding carboxylic acids is 2. The molecule has 0 bridgehead atoms. The highest BCUT2D eigenvalue weighted by Gasteiger charge is 2.47. The number of aliphatic hydroxyl groups is 1. The van der Waals surface area contributed by atoms with E-state index in [-0.39, 0.29) is 27.5 Å². The van der Waals surface area contributed by atoms with E-state index < -0.39 is 23.5 Å². The maximum absolute atomic E-state index is 13.9. The van der Waals surface area contributed by atoms with E-state index in [1.165, 1.54) is 17.0 Å². The number of aliphatic hydroxyl groups excluding tert-OH is 1. The summed E-state index contributed by atoms with van der Waals surface area (Å²) in [5.41, 5.74) is 1.99. The molecule has 3 aromatic carbocycles. The summed E-state index contributed by atoms with van der Waals surface area (Å²) in [7, 11) is 0. The van der Waals surface area contributed by atoms with E-state index in [1.54, 1.807) is 18.2 Å². The molecule has 190 valence electrons. The van der Waals surface area contributed by atoms with Gasteiger partial charge in [-0.15, -0.1) is 0 Å². The quantitative estimate of drug-likeness (QED) is 0.253. The molecule has 3 aromatic rings. The zero-order valence-corrected chi connectivity index (χ0v) is 21.3. The highest BCUT2D eigenvalue weighted by Crippen LogP contribution is 2.44. The average Bonchev–Trinajstić information content (AvgIpc) is 3.14. The van der Waals surface area contributed by atoms with Gasteiger partial charge in [0.1, 0.15) is 24.8 Å². The predicted molar refractivity (Wildman–Crippen MR) is 139 cm³/mol. The van der Waals surface area contributed by atoms with Crippen LogP contribution in [0.5, 0.6) is 11.5 Å². The number of hydrogen-bond acceptors (Lipinski definition) is 5. The van der Waals surface area contributed by atoms with Gasteiger partial charge in [-0.2, -0.15) is 0 Å². The molecule has 1 unspecified atom stereocenters. The second kappa shape index (κ2) is 9.23. The molecule has 1 atom stereocenters. The smallest absolute Gasteiger partial charge is 0.300 e. The molecule has 6 nitrogen and oxygen atoms in total. The average molecular weight is 522 g/mol. The Bertz CT molecular complexity index is 1440. The van der Waals surface area contributed by atoms with Crippen LogP contribution in [0.1, 0.15) is 43.5 Å². The number of benzene rings is 3. The van der Waals surface area contributed by atoms with E-state index in [0.29, 0.717) is 35.8 Å². The van der Waals surface area contributed by atoms with Gasteiger partial charge in [0.2, 0.25) is 0 Å². The molecular weight excluding hydrogens is 497 g/mol. The van der Waals surface area contributed by atoms with Gasteiger partial charge in [-0.3, -0.25) is 14.5 Å². The van der Waals surface area contributed by atoms with Crippen LogP contribution in [0.3, 0.4) is 0 Å². The Labute approximate surface area is 218 Å². The molecule has 2 heterocycles. The summed E-state index contributed by atoms with van der Waals surface area (Å²) < 4.78 is 25.1. The molecule has 0 aromatic heterocycles. The van der Waals surface area contributed by atoms with E-state index in [1.807, 2.05) is 24.3 Å². The van der Waals surface area contributed by atoms with Crippen molar-refractivity contribution in [2.75, 3.05) is 18.1 Å². The molecule has 0 saturated carbocycles. The second-order valence-corrected chi connectivity index (χ2v) is 10.4. The molecule has 2 aliphatic rings. The summed E-state index contributed by atoms with van der Waals surface area (Å²) in [6.45, 7) is 7.00. The van der Waals surface area contributed by atoms with Gasteiger partial charge in [0.25, 0.3) is 11.7 Å². The van der Waals surface area contributed by atoms with Crippen molar-refractivity contribution < 1.29 is 28.6 Å². The van der Waals surface area contributed by atoms with Gasteiger partial charge in [-0.1, -0.05) is 56.6 Å². The number of Topliss-reactive ketones (excluding diaryl/α,β-unsaturated/α-hetero) is 1. The number of carbonyl (C=O) groups is 2. The Morgan fingerprint density at radius 1 is 0.973 bits per heavy atom. The zero-order valence-electron chi connectivity index (χ0n) is 20.5. The fourth-order valence-electron chi connectivity index (χ4n) is 4.56. The highest BCUT2D eigenvalue weighted by molar-refractivity contribution is 6.51. The lowest BCUT2D eigenvalue weighted by molar-refractivity contribution is -0.132. The number of nitrogens with zero attached hydrogens (tertiary/aromatic N) is 1. The maximum Gasteiger partial charge on any atom is 0.300 e. The van der Waals surface area contributed by atoms with Crippen molar-refractivity contribution in [3.63, 3.8) is 0 Å². The van der Waals surface area contributed by atoms with Crippen LogP contribution in [0.15, 0.2) is 66.2 Å². The first-order valence-electron chi connectivity index (χ1n) is 11.8. The summed E-state index contributed by atoms with van der Waals surface area (Å²) in [5, 5.41) is 11.2. The van der Waals surface area contributed by atoms with Gasteiger partial charge >= 0.3 is 0 Å². The lowest BCUT2D eigenvalue weighted by atomic mass is 9.85. The van der Waals surface area contributed by atoms with Crippen LogP contribution >= 0.6 is 11.6 Å². The zero-order chi connectivity index (χ0) is 26.5. The Hall–Kier alpha value is -3.84. The topological polar surface area (TPSA) is 76.1 Å². The fraction of sp³-hybridized carbons (Fsp3) is 0.241. The minimum atomic E-state index is -0.969. The van der Waals surface area contributed by atoms with E-state index in [4.69, 9.17) is 21.1 Å². The third-order valence-corrected chi connectivity index (χ3v) is 6.82. The van der Waals surface area contributed by atoms with E-state index >= 15 is 0 Å². The van der Waals surface area contributed by atoms with Gasteiger partial charge in [-0.05, 0) is 52.9 Å². The second-order valence-electron chi connectivity index (χ2n) is 10.00. The van der Waals surface area contributed by atoms with Crippen molar-refractivity contribution in [2.24, 2.45) is 0 Å². The maximum atomic E-state index is 13.9. The van der Waals surface area contributed by atoms with Crippen molar-refractivity contribution in [3.8, 4) is 11.5 Å². The Morgan fingerprint density at radius 3 is 2.30 bits per heavy atom. The number of hydrogen-bond donors (Lipinski definition) is 1. The number of rotatable bonds is 3. The van der Waals surface area contributed by atoms with Crippen LogP contribution in [0, 0.1) is 5.82 Å². The standard InChI is InChI=1S/C29H25ClFNO5/c1-29(2,3)18-7-4-16(5-8-18)25-24(26(33)17-6-11-22-23(14-17)37-13-12-36-22)27(34)28(35)32(25)19-9-10-21(31)20(30)15-19/h4-11,14-15,25,33H,12-13H2,1-3H3/b26-24-. The molecule has 37 heavy (non-hydrogen) atoms. The first-order chi connectivity index (χ1) is 17.6. The number of amides is 1. The molecule has 1 fully saturated rings. The van der Waals surface area contributed by atoms with Crippen molar-refractivity contribution in [1.82, 2.24) is 0 Å². The van der Waals surface area contributed by atoms with Crippen LogP contribution in [0.4, 0.5) is 10.1 Å². The summed E-state index contributed by atoms with van der Waals surface area (Å²) in [6.07, 6.45) is 0. The van der Waals surface area contributed by atoms with Gasteiger partial charge < -0.3 is 14.6 Å². The Kier molecular flexibility index (Phi) is 6.20. The normalized spacial score (nSPS) is 18.8. The van der Waals surface area contributed by atoms with Gasteiger partial charge in [0.05, 0.1) is 16.6 Å². The van der Waals surface area contributed by atoms with Gasteiger partial charge in [-0.25, -0.2) is 4.39 Å². The minimum absolute atomic E-state index is 0.0920. The fourth-order valence-corrected chi connectivity index (χ4v) is 4.74. The molecule has 2 aliphatic heterocycles. The van der Waals surface area contributed by atoms with Gasteiger partial charge in [0.15, 0.2) is 11.5 Å². The third kappa shape index (κ3) is 4.44. The molecule has 1 saturated heterocycles. The number of anilines is 1. The van der Waals surface area contributed by atoms with Crippen molar-refractivity contribution in [2.45, 2.75) is 32.2 Å². The summed E-state index contributed by atoms with van der Waals surface area (Å²) in [4.78, 5) is 28.0. The first-order valence-corrected chi connectivity index (χ1v) is 12.2. The molecule has 0 radical (unpaired) electrons. The number of fused-ring (bicyclic) bond motifs is 1. The van der Waals surface area contributed by atoms with Crippen LogP contribution in [0.25, 0.3) is 5.76 Å². The number of ether oxygens (including phenoxy) is 2. The lowest BCUT2D eigenvalue weighted by Gasteiger charge is -2.27. The highest BCUT2D eigenvalue weighted by atomic mass is 35.5. The molecular formula is C29H25ClFNO5. The van der Waals surface area contributed by atoms with Crippen molar-refractivity contribution >= 4 is 34.7 Å². The molecule has 0 aliphatic carbocycles. The molecule has 5 rings (SSSR count). The molecule has 0 spiro atoms. The van der Waals surface area contributed by atoms with Gasteiger partial charge in [0, 0.05) is 11.3 Å². The Morgan fingerprint density at radius 2 is 1.65 bits per heavy atom.